The standard InChI is InChI=1S/C10H22N2O2S/c1-2-8-15(13,14)12-7-5-3-4-6-10(12)9-11/h10H,2-9,11H2,1H3. The van der Waals surface area contributed by atoms with Crippen molar-refractivity contribution in [2.75, 3.05) is 18.8 Å². The molecule has 1 aliphatic rings. The molecule has 1 atom stereocenters. The van der Waals surface area contributed by atoms with Gasteiger partial charge in [0.15, 0.2) is 0 Å². The molecule has 0 bridgehead atoms. The van der Waals surface area contributed by atoms with E-state index in [2.05, 4.69) is 0 Å². The normalized spacial score (nSPS) is 25.1. The summed E-state index contributed by atoms with van der Waals surface area (Å²) in [5.74, 6) is 0.253. The van der Waals surface area contributed by atoms with Crippen LogP contribution < -0.4 is 5.73 Å². The molecule has 90 valence electrons. The SMILES string of the molecule is CCCS(=O)(=O)N1CCCCCC1CN. The van der Waals surface area contributed by atoms with Gasteiger partial charge < -0.3 is 5.73 Å². The number of hydrogen-bond acceptors (Lipinski definition) is 3. The van der Waals surface area contributed by atoms with Gasteiger partial charge in [0.2, 0.25) is 10.0 Å². The van der Waals surface area contributed by atoms with Crippen molar-refractivity contribution in [2.24, 2.45) is 5.73 Å². The minimum Gasteiger partial charge on any atom is -0.329 e. The lowest BCUT2D eigenvalue weighted by Crippen LogP contribution is -2.44. The van der Waals surface area contributed by atoms with Crippen LogP contribution in [0.4, 0.5) is 0 Å². The number of sulfonamides is 1. The van der Waals surface area contributed by atoms with E-state index in [9.17, 15) is 8.42 Å². The molecular formula is C10H22N2O2S. The van der Waals surface area contributed by atoms with E-state index in [4.69, 9.17) is 5.73 Å². The molecule has 0 amide bonds. The zero-order chi connectivity index (χ0) is 11.3. The molecule has 2 N–H and O–H groups in total. The summed E-state index contributed by atoms with van der Waals surface area (Å²) in [4.78, 5) is 0. The van der Waals surface area contributed by atoms with Crippen LogP contribution >= 0.6 is 0 Å². The summed E-state index contributed by atoms with van der Waals surface area (Å²) in [6.45, 7) is 3.00. The van der Waals surface area contributed by atoms with E-state index in [0.29, 0.717) is 19.5 Å². The summed E-state index contributed by atoms with van der Waals surface area (Å²) < 4.78 is 25.6. The molecule has 0 saturated carbocycles. The lowest BCUT2D eigenvalue weighted by Gasteiger charge is -2.27. The van der Waals surface area contributed by atoms with Gasteiger partial charge in [0.1, 0.15) is 0 Å². The van der Waals surface area contributed by atoms with Crippen LogP contribution in [0.1, 0.15) is 39.0 Å². The second-order valence-corrected chi connectivity index (χ2v) is 6.21. The van der Waals surface area contributed by atoms with Gasteiger partial charge in [-0.2, -0.15) is 4.31 Å². The van der Waals surface area contributed by atoms with E-state index in [0.717, 1.165) is 25.7 Å². The highest BCUT2D eigenvalue weighted by molar-refractivity contribution is 7.89. The first-order valence-electron chi connectivity index (χ1n) is 5.81. The molecule has 0 spiro atoms. The molecule has 1 unspecified atom stereocenters. The number of rotatable bonds is 4. The smallest absolute Gasteiger partial charge is 0.214 e. The minimum atomic E-state index is -3.06. The summed E-state index contributed by atoms with van der Waals surface area (Å²) in [5.41, 5.74) is 5.65. The second kappa shape index (κ2) is 5.82. The molecule has 1 rings (SSSR count). The Morgan fingerprint density at radius 1 is 1.33 bits per heavy atom. The Labute approximate surface area is 92.9 Å². The van der Waals surface area contributed by atoms with E-state index in [-0.39, 0.29) is 11.8 Å². The molecule has 15 heavy (non-hydrogen) atoms. The van der Waals surface area contributed by atoms with Crippen molar-refractivity contribution in [3.05, 3.63) is 0 Å². The Morgan fingerprint density at radius 3 is 2.67 bits per heavy atom. The fourth-order valence-electron chi connectivity index (χ4n) is 2.13. The van der Waals surface area contributed by atoms with E-state index in [1.54, 1.807) is 4.31 Å². The third kappa shape index (κ3) is 3.43. The quantitative estimate of drug-likeness (QED) is 0.787. The zero-order valence-electron chi connectivity index (χ0n) is 9.48. The highest BCUT2D eigenvalue weighted by atomic mass is 32.2. The molecule has 0 aromatic rings. The maximum Gasteiger partial charge on any atom is 0.214 e. The first-order chi connectivity index (χ1) is 7.11. The van der Waals surface area contributed by atoms with Crippen LogP contribution in [-0.4, -0.2) is 37.6 Å². The van der Waals surface area contributed by atoms with Gasteiger partial charge in [-0.3, -0.25) is 0 Å². The van der Waals surface area contributed by atoms with Gasteiger partial charge in [0, 0.05) is 19.1 Å². The van der Waals surface area contributed by atoms with Gasteiger partial charge >= 0.3 is 0 Å². The van der Waals surface area contributed by atoms with E-state index >= 15 is 0 Å². The Bertz CT molecular complexity index is 277. The third-order valence-electron chi connectivity index (χ3n) is 2.91. The Hall–Kier alpha value is -0.130. The molecular weight excluding hydrogens is 212 g/mol. The van der Waals surface area contributed by atoms with Crippen molar-refractivity contribution in [1.82, 2.24) is 4.31 Å². The number of nitrogens with two attached hydrogens (primary N) is 1. The first-order valence-corrected chi connectivity index (χ1v) is 7.42. The van der Waals surface area contributed by atoms with Crippen molar-refractivity contribution >= 4 is 10.0 Å². The van der Waals surface area contributed by atoms with Gasteiger partial charge in [-0.1, -0.05) is 19.8 Å². The van der Waals surface area contributed by atoms with Gasteiger partial charge in [0.25, 0.3) is 0 Å². The predicted octanol–water partition coefficient (Wildman–Crippen LogP) is 0.929. The van der Waals surface area contributed by atoms with Gasteiger partial charge in [-0.05, 0) is 19.3 Å². The van der Waals surface area contributed by atoms with E-state index in [1.807, 2.05) is 6.92 Å². The Kier molecular flexibility index (Phi) is 5.02. The third-order valence-corrected chi connectivity index (χ3v) is 5.03. The summed E-state index contributed by atoms with van der Waals surface area (Å²) in [6.07, 6.45) is 4.78. The fraction of sp³-hybridized carbons (Fsp3) is 1.00. The summed E-state index contributed by atoms with van der Waals surface area (Å²) in [5, 5.41) is 0. The average Bonchev–Trinajstić information content (AvgIpc) is 2.42. The molecule has 1 heterocycles. The molecule has 1 aliphatic heterocycles. The average molecular weight is 234 g/mol. The van der Waals surface area contributed by atoms with Crippen LogP contribution in [0.2, 0.25) is 0 Å². The topological polar surface area (TPSA) is 63.4 Å². The van der Waals surface area contributed by atoms with Crippen molar-refractivity contribution in [3.8, 4) is 0 Å². The maximum atomic E-state index is 12.0. The Morgan fingerprint density at radius 2 is 2.07 bits per heavy atom. The molecule has 0 aliphatic carbocycles. The second-order valence-electron chi connectivity index (χ2n) is 4.17. The van der Waals surface area contributed by atoms with Gasteiger partial charge in [-0.15, -0.1) is 0 Å². The minimum absolute atomic E-state index is 0.0315. The predicted molar refractivity (Wildman–Crippen MR) is 62.1 cm³/mol. The zero-order valence-corrected chi connectivity index (χ0v) is 10.3. The van der Waals surface area contributed by atoms with Crippen LogP contribution in [0.15, 0.2) is 0 Å². The monoisotopic (exact) mass is 234 g/mol. The van der Waals surface area contributed by atoms with Crippen molar-refractivity contribution in [1.29, 1.82) is 0 Å². The Balaban J connectivity index is 2.78. The highest BCUT2D eigenvalue weighted by Crippen LogP contribution is 2.19. The molecule has 4 nitrogen and oxygen atoms in total. The molecule has 0 aromatic heterocycles. The van der Waals surface area contributed by atoms with Crippen LogP contribution in [0, 0.1) is 0 Å². The van der Waals surface area contributed by atoms with Crippen LogP contribution in [-0.2, 0) is 10.0 Å². The summed E-state index contributed by atoms with van der Waals surface area (Å²) in [6, 6.07) is 0.0315. The molecule has 1 saturated heterocycles. The molecule has 0 radical (unpaired) electrons. The van der Waals surface area contributed by atoms with E-state index in [1.165, 1.54) is 0 Å². The van der Waals surface area contributed by atoms with Gasteiger partial charge in [0.05, 0.1) is 5.75 Å². The summed E-state index contributed by atoms with van der Waals surface area (Å²) in [7, 11) is -3.06. The number of nitrogens with zero attached hydrogens (tertiary/aromatic N) is 1. The van der Waals surface area contributed by atoms with E-state index < -0.39 is 10.0 Å². The largest absolute Gasteiger partial charge is 0.329 e. The van der Waals surface area contributed by atoms with Gasteiger partial charge in [-0.25, -0.2) is 8.42 Å². The van der Waals surface area contributed by atoms with Crippen molar-refractivity contribution in [3.63, 3.8) is 0 Å². The molecule has 1 fully saturated rings. The van der Waals surface area contributed by atoms with Crippen LogP contribution in [0.3, 0.4) is 0 Å². The maximum absolute atomic E-state index is 12.0. The molecule has 5 heteroatoms. The fourth-order valence-corrected chi connectivity index (χ4v) is 3.93. The molecule has 0 aromatic carbocycles. The summed E-state index contributed by atoms with van der Waals surface area (Å²) >= 11 is 0. The van der Waals surface area contributed by atoms with Crippen molar-refractivity contribution in [2.45, 2.75) is 45.1 Å². The first kappa shape index (κ1) is 12.9. The number of hydrogen-bond donors (Lipinski definition) is 1. The lowest BCUT2D eigenvalue weighted by atomic mass is 10.1. The van der Waals surface area contributed by atoms with Crippen LogP contribution in [0.5, 0.6) is 0 Å². The van der Waals surface area contributed by atoms with Crippen LogP contribution in [0.25, 0.3) is 0 Å². The van der Waals surface area contributed by atoms with Crippen molar-refractivity contribution < 1.29 is 8.42 Å². The highest BCUT2D eigenvalue weighted by Gasteiger charge is 2.29. The lowest BCUT2D eigenvalue weighted by molar-refractivity contribution is 0.328.